The number of methoxy groups -OCH3 is 1. The predicted octanol–water partition coefficient (Wildman–Crippen LogP) is 3.09. The Bertz CT molecular complexity index is 1010. The van der Waals surface area contributed by atoms with E-state index in [1.165, 1.54) is 13.4 Å². The summed E-state index contributed by atoms with van der Waals surface area (Å²) in [6, 6.07) is 7.63. The van der Waals surface area contributed by atoms with Gasteiger partial charge in [-0.1, -0.05) is 19.1 Å². The fourth-order valence-electron chi connectivity index (χ4n) is 3.34. The molecular formula is C21H25N5O3. The molecule has 0 saturated carbocycles. The summed E-state index contributed by atoms with van der Waals surface area (Å²) in [5.74, 6) is -0.616. The third-order valence-electron chi connectivity index (χ3n) is 5.24. The van der Waals surface area contributed by atoms with E-state index in [9.17, 15) is 9.59 Å². The lowest BCUT2D eigenvalue weighted by Crippen LogP contribution is -2.30. The maximum atomic E-state index is 13.1. The zero-order chi connectivity index (χ0) is 21.1. The number of aromatic amines is 1. The average molecular weight is 395 g/mol. The summed E-state index contributed by atoms with van der Waals surface area (Å²) in [5, 5.41) is 4.11. The minimum Gasteiger partial charge on any atom is -0.465 e. The number of hydrogen-bond acceptors (Lipinski definition) is 5. The molecule has 0 saturated heterocycles. The Balaban J connectivity index is 1.84. The minimum absolute atomic E-state index is 0.165. The van der Waals surface area contributed by atoms with Crippen molar-refractivity contribution in [1.82, 2.24) is 24.6 Å². The first-order chi connectivity index (χ1) is 13.9. The summed E-state index contributed by atoms with van der Waals surface area (Å²) in [6.45, 7) is 5.65. The van der Waals surface area contributed by atoms with E-state index in [4.69, 9.17) is 4.74 Å². The molecule has 3 aromatic rings. The van der Waals surface area contributed by atoms with Gasteiger partial charge in [0.2, 0.25) is 0 Å². The van der Waals surface area contributed by atoms with Gasteiger partial charge in [-0.2, -0.15) is 5.10 Å². The first kappa shape index (κ1) is 20.3. The molecule has 8 heteroatoms. The number of hydrogen-bond donors (Lipinski definition) is 1. The molecule has 0 spiro atoms. The zero-order valence-electron chi connectivity index (χ0n) is 17.3. The lowest BCUT2D eigenvalue weighted by Gasteiger charge is -2.25. The van der Waals surface area contributed by atoms with Gasteiger partial charge in [0.15, 0.2) is 0 Å². The maximum Gasteiger partial charge on any atom is 0.339 e. The van der Waals surface area contributed by atoms with E-state index in [0.717, 1.165) is 11.3 Å². The Hall–Kier alpha value is -3.42. The van der Waals surface area contributed by atoms with E-state index in [0.29, 0.717) is 28.9 Å². The molecular weight excluding hydrogens is 370 g/mol. The molecule has 8 nitrogen and oxygen atoms in total. The van der Waals surface area contributed by atoms with E-state index in [1.54, 1.807) is 29.9 Å². The lowest BCUT2D eigenvalue weighted by atomic mass is 10.1. The molecule has 0 radical (unpaired) electrons. The Labute approximate surface area is 169 Å². The number of carbonyl (C=O) groups excluding carboxylic acids is 2. The Morgan fingerprint density at radius 1 is 1.28 bits per heavy atom. The minimum atomic E-state index is -0.436. The third-order valence-corrected chi connectivity index (χ3v) is 5.24. The van der Waals surface area contributed by atoms with Crippen LogP contribution in [-0.2, 0) is 11.2 Å². The molecule has 29 heavy (non-hydrogen) atoms. The van der Waals surface area contributed by atoms with Crippen molar-refractivity contribution < 1.29 is 14.3 Å². The zero-order valence-corrected chi connectivity index (χ0v) is 17.3. The summed E-state index contributed by atoms with van der Waals surface area (Å²) in [4.78, 5) is 34.0. The topological polar surface area (TPSA) is 93.1 Å². The molecule has 2 aromatic heterocycles. The average Bonchev–Trinajstić information content (AvgIpc) is 3.39. The van der Waals surface area contributed by atoms with Gasteiger partial charge in [-0.15, -0.1) is 0 Å². The van der Waals surface area contributed by atoms with Crippen molar-refractivity contribution in [3.05, 3.63) is 65.0 Å². The standard InChI is InChI=1S/C21H25N5O3/c1-6-17-18(21(28)29-5)13(2)19(24-17)20(27)25(4)14(3)15-7-9-16(10-8-15)26-12-22-11-23-26/h7-12,14,24H,6H2,1-5H3. The second-order valence-corrected chi connectivity index (χ2v) is 6.85. The van der Waals surface area contributed by atoms with Crippen LogP contribution in [0, 0.1) is 6.92 Å². The smallest absolute Gasteiger partial charge is 0.339 e. The van der Waals surface area contributed by atoms with Gasteiger partial charge >= 0.3 is 5.97 Å². The molecule has 0 aliphatic heterocycles. The van der Waals surface area contributed by atoms with Crippen LogP contribution in [0.1, 0.15) is 57.6 Å². The highest BCUT2D eigenvalue weighted by Crippen LogP contribution is 2.25. The van der Waals surface area contributed by atoms with Crippen molar-refractivity contribution in [3.8, 4) is 5.69 Å². The molecule has 1 unspecified atom stereocenters. The van der Waals surface area contributed by atoms with Gasteiger partial charge in [-0.25, -0.2) is 14.5 Å². The van der Waals surface area contributed by atoms with Crippen LogP contribution in [0.3, 0.4) is 0 Å². The number of esters is 1. The van der Waals surface area contributed by atoms with Crippen LogP contribution in [0.2, 0.25) is 0 Å². The van der Waals surface area contributed by atoms with Crippen LogP contribution in [0.25, 0.3) is 5.69 Å². The molecule has 2 heterocycles. The van der Waals surface area contributed by atoms with Crippen LogP contribution < -0.4 is 0 Å². The molecule has 1 amide bonds. The molecule has 0 aliphatic rings. The number of nitrogens with one attached hydrogen (secondary N) is 1. The molecule has 1 aromatic carbocycles. The number of ether oxygens (including phenoxy) is 1. The fraction of sp³-hybridized carbons (Fsp3) is 0.333. The third kappa shape index (κ3) is 3.78. The van der Waals surface area contributed by atoms with Gasteiger partial charge in [0.05, 0.1) is 24.4 Å². The highest BCUT2D eigenvalue weighted by molar-refractivity contribution is 6.00. The Morgan fingerprint density at radius 2 is 1.97 bits per heavy atom. The van der Waals surface area contributed by atoms with Crippen LogP contribution in [-0.4, -0.2) is 50.7 Å². The number of rotatable bonds is 6. The van der Waals surface area contributed by atoms with E-state index < -0.39 is 5.97 Å². The Kier molecular flexibility index (Phi) is 5.81. The maximum absolute atomic E-state index is 13.1. The monoisotopic (exact) mass is 395 g/mol. The summed E-state index contributed by atoms with van der Waals surface area (Å²) in [7, 11) is 3.09. The van der Waals surface area contributed by atoms with E-state index in [1.807, 2.05) is 38.1 Å². The van der Waals surface area contributed by atoms with Gasteiger partial charge in [0.25, 0.3) is 5.91 Å². The number of carbonyl (C=O) groups is 2. The Morgan fingerprint density at radius 3 is 2.52 bits per heavy atom. The van der Waals surface area contributed by atoms with Gasteiger partial charge in [-0.3, -0.25) is 4.79 Å². The van der Waals surface area contributed by atoms with Gasteiger partial charge in [0.1, 0.15) is 18.3 Å². The van der Waals surface area contributed by atoms with E-state index in [-0.39, 0.29) is 11.9 Å². The van der Waals surface area contributed by atoms with Crippen LogP contribution >= 0.6 is 0 Å². The van der Waals surface area contributed by atoms with Gasteiger partial charge in [0, 0.05) is 12.7 Å². The van der Waals surface area contributed by atoms with Crippen molar-refractivity contribution in [2.24, 2.45) is 0 Å². The predicted molar refractivity (Wildman–Crippen MR) is 108 cm³/mol. The van der Waals surface area contributed by atoms with Crippen molar-refractivity contribution in [1.29, 1.82) is 0 Å². The second kappa shape index (κ2) is 8.30. The summed E-state index contributed by atoms with van der Waals surface area (Å²) >= 11 is 0. The number of nitrogens with zero attached hydrogens (tertiary/aromatic N) is 4. The van der Waals surface area contributed by atoms with Gasteiger partial charge in [-0.05, 0) is 43.5 Å². The molecule has 0 bridgehead atoms. The lowest BCUT2D eigenvalue weighted by molar-refractivity contribution is 0.0599. The van der Waals surface area contributed by atoms with Crippen LogP contribution in [0.15, 0.2) is 36.9 Å². The fourth-order valence-corrected chi connectivity index (χ4v) is 3.34. The van der Waals surface area contributed by atoms with Crippen molar-refractivity contribution in [2.45, 2.75) is 33.2 Å². The SMILES string of the molecule is CCc1[nH]c(C(=O)N(C)C(C)c2ccc(-n3cncn3)cc2)c(C)c1C(=O)OC. The highest BCUT2D eigenvalue weighted by atomic mass is 16.5. The summed E-state index contributed by atoms with van der Waals surface area (Å²) in [5.41, 5.74) is 4.04. The molecule has 0 aliphatic carbocycles. The molecule has 3 rings (SSSR count). The first-order valence-electron chi connectivity index (χ1n) is 9.40. The molecule has 1 N–H and O–H groups in total. The first-order valence-corrected chi connectivity index (χ1v) is 9.40. The van der Waals surface area contributed by atoms with Crippen LogP contribution in [0.5, 0.6) is 0 Å². The van der Waals surface area contributed by atoms with Crippen molar-refractivity contribution >= 4 is 11.9 Å². The number of aryl methyl sites for hydroxylation is 1. The van der Waals surface area contributed by atoms with Crippen molar-refractivity contribution in [3.63, 3.8) is 0 Å². The van der Waals surface area contributed by atoms with E-state index >= 15 is 0 Å². The highest BCUT2D eigenvalue weighted by Gasteiger charge is 2.27. The second-order valence-electron chi connectivity index (χ2n) is 6.85. The normalized spacial score (nSPS) is 11.9. The summed E-state index contributed by atoms with van der Waals surface area (Å²) in [6.07, 6.45) is 3.71. The molecule has 152 valence electrons. The number of aromatic nitrogens is 4. The van der Waals surface area contributed by atoms with E-state index in [2.05, 4.69) is 15.1 Å². The largest absolute Gasteiger partial charge is 0.465 e. The molecule has 0 fully saturated rings. The number of amides is 1. The van der Waals surface area contributed by atoms with Crippen molar-refractivity contribution in [2.75, 3.05) is 14.2 Å². The van der Waals surface area contributed by atoms with Crippen LogP contribution in [0.4, 0.5) is 0 Å². The quantitative estimate of drug-likeness (QED) is 0.648. The number of H-pyrrole nitrogens is 1. The summed E-state index contributed by atoms with van der Waals surface area (Å²) < 4.78 is 6.55. The van der Waals surface area contributed by atoms with Gasteiger partial charge < -0.3 is 14.6 Å². The number of benzene rings is 1. The molecule has 1 atom stereocenters.